The molecule has 128 valence electrons. The van der Waals surface area contributed by atoms with Crippen LogP contribution in [0.3, 0.4) is 0 Å². The topological polar surface area (TPSA) is 23.6 Å². The predicted molar refractivity (Wildman–Crippen MR) is 95.0 cm³/mol. The number of hydrogen-bond acceptors (Lipinski definition) is 2. The zero-order valence-corrected chi connectivity index (χ0v) is 15.0. The van der Waals surface area contributed by atoms with Crippen LogP contribution in [-0.4, -0.2) is 47.9 Å². The minimum absolute atomic E-state index is 0.214. The number of carbonyl (C=O) groups excluding carboxylic acids is 1. The summed E-state index contributed by atoms with van der Waals surface area (Å²) >= 11 is 0. The van der Waals surface area contributed by atoms with Crippen molar-refractivity contribution in [1.82, 2.24) is 9.80 Å². The SMILES string of the molecule is CCCCCCCC=CC(=O)N1CCC(N(CC)CC)CC1. The van der Waals surface area contributed by atoms with Gasteiger partial charge in [0.25, 0.3) is 0 Å². The Morgan fingerprint density at radius 3 is 2.27 bits per heavy atom. The Morgan fingerprint density at radius 2 is 1.68 bits per heavy atom. The van der Waals surface area contributed by atoms with Crippen molar-refractivity contribution < 1.29 is 4.79 Å². The van der Waals surface area contributed by atoms with E-state index in [2.05, 4.69) is 31.7 Å². The van der Waals surface area contributed by atoms with Gasteiger partial charge >= 0.3 is 0 Å². The molecule has 1 rings (SSSR count). The maximum absolute atomic E-state index is 12.2. The van der Waals surface area contributed by atoms with Crippen molar-refractivity contribution in [1.29, 1.82) is 0 Å². The van der Waals surface area contributed by atoms with Crippen LogP contribution in [-0.2, 0) is 4.79 Å². The molecule has 3 nitrogen and oxygen atoms in total. The van der Waals surface area contributed by atoms with E-state index in [-0.39, 0.29) is 5.91 Å². The third-order valence-electron chi connectivity index (χ3n) is 4.84. The minimum atomic E-state index is 0.214. The Kier molecular flexibility index (Phi) is 10.2. The van der Waals surface area contributed by atoms with Gasteiger partial charge in [0.2, 0.25) is 5.91 Å². The lowest BCUT2D eigenvalue weighted by atomic mass is 10.0. The molecule has 1 amide bonds. The average molecular weight is 309 g/mol. The molecule has 1 aliphatic heterocycles. The summed E-state index contributed by atoms with van der Waals surface area (Å²) in [7, 11) is 0. The third kappa shape index (κ3) is 6.95. The van der Waals surface area contributed by atoms with Crippen molar-refractivity contribution in [2.24, 2.45) is 0 Å². The van der Waals surface area contributed by atoms with Gasteiger partial charge in [-0.25, -0.2) is 0 Å². The molecule has 0 aromatic rings. The molecule has 3 heteroatoms. The molecular weight excluding hydrogens is 272 g/mol. The highest BCUT2D eigenvalue weighted by Gasteiger charge is 2.24. The molecule has 0 aliphatic carbocycles. The Bertz CT molecular complexity index is 315. The van der Waals surface area contributed by atoms with Gasteiger partial charge in [-0.3, -0.25) is 4.79 Å². The number of rotatable bonds is 10. The molecular formula is C19H36N2O. The number of likely N-dealkylation sites (tertiary alicyclic amines) is 1. The summed E-state index contributed by atoms with van der Waals surface area (Å²) < 4.78 is 0. The number of allylic oxidation sites excluding steroid dienone is 1. The highest BCUT2D eigenvalue weighted by atomic mass is 16.2. The van der Waals surface area contributed by atoms with Crippen molar-refractivity contribution in [3.8, 4) is 0 Å². The predicted octanol–water partition coefficient (Wildman–Crippen LogP) is 4.24. The van der Waals surface area contributed by atoms with E-state index in [9.17, 15) is 4.79 Å². The fraction of sp³-hybridized carbons (Fsp3) is 0.842. The second-order valence-electron chi connectivity index (χ2n) is 6.38. The molecule has 0 aromatic carbocycles. The lowest BCUT2D eigenvalue weighted by molar-refractivity contribution is -0.127. The van der Waals surface area contributed by atoms with Crippen molar-refractivity contribution in [2.45, 2.75) is 78.2 Å². The van der Waals surface area contributed by atoms with Crippen LogP contribution in [0.1, 0.15) is 72.1 Å². The first-order valence-electron chi connectivity index (χ1n) is 9.42. The summed E-state index contributed by atoms with van der Waals surface area (Å²) in [5.41, 5.74) is 0. The molecule has 1 heterocycles. The molecule has 22 heavy (non-hydrogen) atoms. The van der Waals surface area contributed by atoms with Gasteiger partial charge in [0.1, 0.15) is 0 Å². The van der Waals surface area contributed by atoms with E-state index < -0.39 is 0 Å². The molecule has 0 bridgehead atoms. The lowest BCUT2D eigenvalue weighted by Crippen LogP contribution is -2.46. The summed E-state index contributed by atoms with van der Waals surface area (Å²) in [6, 6.07) is 0.668. The second-order valence-corrected chi connectivity index (χ2v) is 6.38. The zero-order valence-electron chi connectivity index (χ0n) is 15.0. The monoisotopic (exact) mass is 308 g/mol. The maximum Gasteiger partial charge on any atom is 0.246 e. The first-order valence-corrected chi connectivity index (χ1v) is 9.42. The largest absolute Gasteiger partial charge is 0.339 e. The van der Waals surface area contributed by atoms with Gasteiger partial charge in [0.05, 0.1) is 0 Å². The number of amides is 1. The summed E-state index contributed by atoms with van der Waals surface area (Å²) in [5, 5.41) is 0. The van der Waals surface area contributed by atoms with E-state index in [0.717, 1.165) is 45.4 Å². The summed E-state index contributed by atoms with van der Waals surface area (Å²) in [6.45, 7) is 10.8. The Morgan fingerprint density at radius 1 is 1.05 bits per heavy atom. The fourth-order valence-corrected chi connectivity index (χ4v) is 3.35. The van der Waals surface area contributed by atoms with Crippen LogP contribution in [0.5, 0.6) is 0 Å². The molecule has 0 spiro atoms. The average Bonchev–Trinajstić information content (AvgIpc) is 2.55. The van der Waals surface area contributed by atoms with E-state index in [1.165, 1.54) is 32.1 Å². The Labute approximate surface area is 137 Å². The van der Waals surface area contributed by atoms with Crippen LogP contribution in [0.2, 0.25) is 0 Å². The van der Waals surface area contributed by atoms with Crippen LogP contribution < -0.4 is 0 Å². The molecule has 0 radical (unpaired) electrons. The minimum Gasteiger partial charge on any atom is -0.339 e. The lowest BCUT2D eigenvalue weighted by Gasteiger charge is -2.37. The molecule has 1 saturated heterocycles. The molecule has 0 aromatic heterocycles. The van der Waals surface area contributed by atoms with Crippen LogP contribution in [0.4, 0.5) is 0 Å². The first-order chi connectivity index (χ1) is 10.7. The standard InChI is InChI=1S/C19H36N2O/c1-4-7-8-9-10-11-12-13-19(22)21-16-14-18(15-17-21)20(5-2)6-3/h12-13,18H,4-11,14-17H2,1-3H3. The number of carbonyl (C=O) groups is 1. The molecule has 0 unspecified atom stereocenters. The van der Waals surface area contributed by atoms with Crippen molar-refractivity contribution in [2.75, 3.05) is 26.2 Å². The maximum atomic E-state index is 12.2. The number of piperidine rings is 1. The van der Waals surface area contributed by atoms with E-state index in [4.69, 9.17) is 0 Å². The van der Waals surface area contributed by atoms with Crippen molar-refractivity contribution in [3.63, 3.8) is 0 Å². The Balaban J connectivity index is 2.19. The normalized spacial score (nSPS) is 16.8. The fourth-order valence-electron chi connectivity index (χ4n) is 3.35. The first kappa shape index (κ1) is 19.2. The van der Waals surface area contributed by atoms with Gasteiger partial charge < -0.3 is 9.80 Å². The molecule has 0 atom stereocenters. The number of unbranched alkanes of at least 4 members (excludes halogenated alkanes) is 5. The van der Waals surface area contributed by atoms with Gasteiger partial charge in [-0.05, 0) is 44.8 Å². The van der Waals surface area contributed by atoms with Crippen LogP contribution in [0, 0.1) is 0 Å². The van der Waals surface area contributed by atoms with E-state index in [1.807, 2.05) is 4.90 Å². The molecule has 0 saturated carbocycles. The summed E-state index contributed by atoms with van der Waals surface area (Å²) in [6.07, 6.45) is 13.6. The highest BCUT2D eigenvalue weighted by Crippen LogP contribution is 2.16. The summed E-state index contributed by atoms with van der Waals surface area (Å²) in [4.78, 5) is 16.7. The van der Waals surface area contributed by atoms with Gasteiger partial charge in [-0.15, -0.1) is 0 Å². The third-order valence-corrected chi connectivity index (χ3v) is 4.84. The zero-order chi connectivity index (χ0) is 16.2. The smallest absolute Gasteiger partial charge is 0.246 e. The quantitative estimate of drug-likeness (QED) is 0.445. The van der Waals surface area contributed by atoms with Gasteiger partial charge in [0, 0.05) is 19.1 Å². The van der Waals surface area contributed by atoms with Crippen molar-refractivity contribution in [3.05, 3.63) is 12.2 Å². The van der Waals surface area contributed by atoms with Crippen molar-refractivity contribution >= 4 is 5.91 Å². The van der Waals surface area contributed by atoms with E-state index in [0.29, 0.717) is 6.04 Å². The second kappa shape index (κ2) is 11.7. The van der Waals surface area contributed by atoms with Crippen LogP contribution >= 0.6 is 0 Å². The number of nitrogens with zero attached hydrogens (tertiary/aromatic N) is 2. The number of hydrogen-bond donors (Lipinski definition) is 0. The van der Waals surface area contributed by atoms with E-state index in [1.54, 1.807) is 6.08 Å². The highest BCUT2D eigenvalue weighted by molar-refractivity contribution is 5.87. The molecule has 1 aliphatic rings. The van der Waals surface area contributed by atoms with Crippen LogP contribution in [0.25, 0.3) is 0 Å². The van der Waals surface area contributed by atoms with Gasteiger partial charge in [-0.2, -0.15) is 0 Å². The Hall–Kier alpha value is -0.830. The van der Waals surface area contributed by atoms with E-state index >= 15 is 0 Å². The molecule has 1 fully saturated rings. The summed E-state index contributed by atoms with van der Waals surface area (Å²) in [5.74, 6) is 0.214. The molecule has 0 N–H and O–H groups in total. The van der Waals surface area contributed by atoms with Gasteiger partial charge in [-0.1, -0.05) is 52.5 Å². The van der Waals surface area contributed by atoms with Gasteiger partial charge in [0.15, 0.2) is 0 Å². The van der Waals surface area contributed by atoms with Crippen LogP contribution in [0.15, 0.2) is 12.2 Å².